The first-order valence-electron chi connectivity index (χ1n) is 6.51. The molecule has 3 rings (SSSR count). The van der Waals surface area contributed by atoms with Crippen LogP contribution in [0.3, 0.4) is 0 Å². The first-order valence-corrected chi connectivity index (χ1v) is 7.31. The minimum Gasteiger partial charge on any atom is -0.377 e. The van der Waals surface area contributed by atoms with Crippen molar-refractivity contribution in [2.45, 2.75) is 19.1 Å². The fourth-order valence-electron chi connectivity index (χ4n) is 2.44. The molecule has 1 aliphatic rings. The van der Waals surface area contributed by atoms with Crippen molar-refractivity contribution >= 4 is 21.7 Å². The Morgan fingerprint density at radius 3 is 3.15 bits per heavy atom. The molecule has 1 saturated heterocycles. The van der Waals surface area contributed by atoms with E-state index in [1.54, 1.807) is 13.3 Å². The SMILES string of the molecule is COCc1nccc(N2CCC(n3cc(Br)cn3)C2)n1. The lowest BCUT2D eigenvalue weighted by atomic mass is 10.3. The molecule has 1 fully saturated rings. The second-order valence-electron chi connectivity index (χ2n) is 4.79. The molecular weight excluding hydrogens is 322 g/mol. The highest BCUT2D eigenvalue weighted by atomic mass is 79.9. The van der Waals surface area contributed by atoms with Gasteiger partial charge in [0.1, 0.15) is 12.4 Å². The van der Waals surface area contributed by atoms with E-state index in [0.29, 0.717) is 12.6 Å². The fraction of sp³-hybridized carbons (Fsp3) is 0.462. The number of ether oxygens (including phenoxy) is 1. The van der Waals surface area contributed by atoms with Crippen LogP contribution in [0.4, 0.5) is 5.82 Å². The predicted octanol–water partition coefficient (Wildman–Crippen LogP) is 2.03. The van der Waals surface area contributed by atoms with Gasteiger partial charge in [0.2, 0.25) is 0 Å². The molecule has 0 amide bonds. The van der Waals surface area contributed by atoms with Crippen molar-refractivity contribution in [2.75, 3.05) is 25.1 Å². The average Bonchev–Trinajstić information content (AvgIpc) is 3.08. The summed E-state index contributed by atoms with van der Waals surface area (Å²) in [7, 11) is 1.65. The molecule has 2 aromatic heterocycles. The van der Waals surface area contributed by atoms with Crippen LogP contribution < -0.4 is 4.90 Å². The number of hydrogen-bond donors (Lipinski definition) is 0. The van der Waals surface area contributed by atoms with Crippen molar-refractivity contribution in [1.82, 2.24) is 19.7 Å². The van der Waals surface area contributed by atoms with Crippen LogP contribution in [-0.2, 0) is 11.3 Å². The van der Waals surface area contributed by atoms with E-state index in [1.807, 2.05) is 23.1 Å². The van der Waals surface area contributed by atoms with Gasteiger partial charge in [0, 0.05) is 32.6 Å². The predicted molar refractivity (Wildman–Crippen MR) is 78.5 cm³/mol. The van der Waals surface area contributed by atoms with E-state index in [1.165, 1.54) is 0 Å². The second kappa shape index (κ2) is 5.88. The molecule has 3 heterocycles. The number of aromatic nitrogens is 4. The summed E-state index contributed by atoms with van der Waals surface area (Å²) in [5.41, 5.74) is 0. The molecule has 1 unspecified atom stereocenters. The normalized spacial score (nSPS) is 18.7. The minimum absolute atomic E-state index is 0.391. The lowest BCUT2D eigenvalue weighted by Gasteiger charge is -2.17. The van der Waals surface area contributed by atoms with Crippen LogP contribution in [-0.4, -0.2) is 39.9 Å². The Morgan fingerprint density at radius 1 is 1.50 bits per heavy atom. The summed E-state index contributed by atoms with van der Waals surface area (Å²) >= 11 is 3.43. The summed E-state index contributed by atoms with van der Waals surface area (Å²) in [5, 5.41) is 4.36. The standard InChI is InChI=1S/C13H16BrN5O/c1-20-9-12-15-4-2-13(17-12)18-5-3-11(8-18)19-7-10(14)6-16-19/h2,4,6-7,11H,3,5,8-9H2,1H3. The molecule has 1 atom stereocenters. The second-order valence-corrected chi connectivity index (χ2v) is 5.71. The number of hydrogen-bond acceptors (Lipinski definition) is 5. The zero-order valence-corrected chi connectivity index (χ0v) is 12.8. The van der Waals surface area contributed by atoms with Gasteiger partial charge < -0.3 is 9.64 Å². The number of anilines is 1. The van der Waals surface area contributed by atoms with E-state index in [4.69, 9.17) is 4.74 Å². The Kier molecular flexibility index (Phi) is 3.98. The highest BCUT2D eigenvalue weighted by molar-refractivity contribution is 9.10. The lowest BCUT2D eigenvalue weighted by molar-refractivity contribution is 0.178. The molecule has 6 nitrogen and oxygen atoms in total. The molecule has 0 aromatic carbocycles. The summed E-state index contributed by atoms with van der Waals surface area (Å²) in [4.78, 5) is 11.0. The van der Waals surface area contributed by atoms with Gasteiger partial charge in [-0.05, 0) is 28.4 Å². The van der Waals surface area contributed by atoms with Gasteiger partial charge in [-0.1, -0.05) is 0 Å². The van der Waals surface area contributed by atoms with Crippen molar-refractivity contribution in [3.8, 4) is 0 Å². The molecule has 0 bridgehead atoms. The quantitative estimate of drug-likeness (QED) is 0.854. The Bertz CT molecular complexity index is 588. The molecule has 7 heteroatoms. The number of rotatable bonds is 4. The number of halogens is 1. The largest absolute Gasteiger partial charge is 0.377 e. The van der Waals surface area contributed by atoms with Gasteiger partial charge in [-0.3, -0.25) is 4.68 Å². The molecule has 2 aromatic rings. The molecule has 1 aliphatic heterocycles. The molecule has 0 spiro atoms. The number of nitrogens with zero attached hydrogens (tertiary/aromatic N) is 5. The van der Waals surface area contributed by atoms with Crippen LogP contribution >= 0.6 is 15.9 Å². The highest BCUT2D eigenvalue weighted by Crippen LogP contribution is 2.26. The van der Waals surface area contributed by atoms with Crippen LogP contribution in [0.5, 0.6) is 0 Å². The van der Waals surface area contributed by atoms with Gasteiger partial charge >= 0.3 is 0 Å². The van der Waals surface area contributed by atoms with Crippen molar-refractivity contribution in [3.63, 3.8) is 0 Å². The zero-order chi connectivity index (χ0) is 13.9. The van der Waals surface area contributed by atoms with E-state index in [-0.39, 0.29) is 0 Å². The Morgan fingerprint density at radius 2 is 2.40 bits per heavy atom. The third kappa shape index (κ3) is 2.83. The van der Waals surface area contributed by atoms with Crippen molar-refractivity contribution < 1.29 is 4.74 Å². The molecule has 20 heavy (non-hydrogen) atoms. The average molecular weight is 338 g/mol. The summed E-state index contributed by atoms with van der Waals surface area (Å²) in [6.45, 7) is 2.33. The summed E-state index contributed by atoms with van der Waals surface area (Å²) in [6.07, 6.45) is 6.70. The van der Waals surface area contributed by atoms with Crippen LogP contribution in [0.15, 0.2) is 29.1 Å². The van der Waals surface area contributed by atoms with Gasteiger partial charge in [-0.25, -0.2) is 9.97 Å². The first-order chi connectivity index (χ1) is 9.76. The maximum Gasteiger partial charge on any atom is 0.156 e. The van der Waals surface area contributed by atoms with Crippen LogP contribution in [0.1, 0.15) is 18.3 Å². The smallest absolute Gasteiger partial charge is 0.156 e. The molecule has 0 aliphatic carbocycles. The minimum atomic E-state index is 0.391. The van der Waals surface area contributed by atoms with Crippen molar-refractivity contribution in [2.24, 2.45) is 0 Å². The third-order valence-corrected chi connectivity index (χ3v) is 3.81. The summed E-state index contributed by atoms with van der Waals surface area (Å²) in [6, 6.07) is 2.34. The molecule has 0 radical (unpaired) electrons. The van der Waals surface area contributed by atoms with E-state index in [2.05, 4.69) is 35.9 Å². The fourth-order valence-corrected chi connectivity index (χ4v) is 2.74. The van der Waals surface area contributed by atoms with Gasteiger partial charge in [0.25, 0.3) is 0 Å². The van der Waals surface area contributed by atoms with Crippen LogP contribution in [0.25, 0.3) is 0 Å². The monoisotopic (exact) mass is 337 g/mol. The Hall–Kier alpha value is -1.47. The van der Waals surface area contributed by atoms with Gasteiger partial charge in [0.15, 0.2) is 5.82 Å². The number of methoxy groups -OCH3 is 1. The van der Waals surface area contributed by atoms with E-state index in [0.717, 1.165) is 35.6 Å². The van der Waals surface area contributed by atoms with Crippen LogP contribution in [0, 0.1) is 0 Å². The van der Waals surface area contributed by atoms with E-state index in [9.17, 15) is 0 Å². The van der Waals surface area contributed by atoms with Crippen LogP contribution in [0.2, 0.25) is 0 Å². The zero-order valence-electron chi connectivity index (χ0n) is 11.2. The van der Waals surface area contributed by atoms with Gasteiger partial charge in [-0.2, -0.15) is 5.10 Å². The summed E-state index contributed by atoms with van der Waals surface area (Å²) < 4.78 is 8.11. The molecular formula is C13H16BrN5O. The Balaban J connectivity index is 1.72. The third-order valence-electron chi connectivity index (χ3n) is 3.40. The lowest BCUT2D eigenvalue weighted by Crippen LogP contribution is -2.22. The molecule has 0 N–H and O–H groups in total. The van der Waals surface area contributed by atoms with Gasteiger partial charge in [-0.15, -0.1) is 0 Å². The molecule has 106 valence electrons. The first kappa shape index (κ1) is 13.5. The van der Waals surface area contributed by atoms with Crippen molar-refractivity contribution in [3.05, 3.63) is 35.0 Å². The topological polar surface area (TPSA) is 56.1 Å². The van der Waals surface area contributed by atoms with Crippen molar-refractivity contribution in [1.29, 1.82) is 0 Å². The Labute approximate surface area is 125 Å². The van der Waals surface area contributed by atoms with E-state index < -0.39 is 0 Å². The summed E-state index contributed by atoms with van der Waals surface area (Å²) in [5.74, 6) is 1.68. The molecule has 0 saturated carbocycles. The van der Waals surface area contributed by atoms with E-state index >= 15 is 0 Å². The maximum absolute atomic E-state index is 5.08. The maximum atomic E-state index is 5.08. The highest BCUT2D eigenvalue weighted by Gasteiger charge is 2.25. The van der Waals surface area contributed by atoms with Gasteiger partial charge in [0.05, 0.1) is 16.7 Å².